The number of para-hydroxylation sites is 2. The maximum atomic E-state index is 13.8. The molecule has 0 radical (unpaired) electrons. The third-order valence-corrected chi connectivity index (χ3v) is 16.0. The van der Waals surface area contributed by atoms with Gasteiger partial charge in [-0.3, -0.25) is 18.7 Å². The largest absolute Gasteiger partial charge is 0.494 e. The van der Waals surface area contributed by atoms with Gasteiger partial charge < -0.3 is 39.2 Å². The van der Waals surface area contributed by atoms with Crippen molar-refractivity contribution in [3.63, 3.8) is 0 Å². The number of halogens is 1. The summed E-state index contributed by atoms with van der Waals surface area (Å²) in [5, 5.41) is 37.7. The van der Waals surface area contributed by atoms with Crippen molar-refractivity contribution in [2.45, 2.75) is 109 Å². The third-order valence-electron chi connectivity index (χ3n) is 11.9. The van der Waals surface area contributed by atoms with Crippen molar-refractivity contribution in [2.24, 2.45) is 0 Å². The Bertz CT molecular complexity index is 3170. The fourth-order valence-electron chi connectivity index (χ4n) is 7.70. The van der Waals surface area contributed by atoms with Gasteiger partial charge in [0.25, 0.3) is 11.1 Å². The molecule has 6 aromatic rings. The molecule has 18 nitrogen and oxygen atoms in total. The molecule has 0 bridgehead atoms. The number of aromatic hydroxyl groups is 2. The summed E-state index contributed by atoms with van der Waals surface area (Å²) in [6.45, 7) is 3.95. The molecule has 2 fully saturated rings. The smallest absolute Gasteiger partial charge is 0.454 e. The van der Waals surface area contributed by atoms with E-state index in [-0.39, 0.29) is 38.6 Å². The number of sulfone groups is 2. The van der Waals surface area contributed by atoms with E-state index in [1.54, 1.807) is 48.5 Å². The van der Waals surface area contributed by atoms with Crippen LogP contribution in [0.25, 0.3) is 11.4 Å². The van der Waals surface area contributed by atoms with E-state index in [2.05, 4.69) is 25.9 Å². The normalized spacial score (nSPS) is 13.2. The highest BCUT2D eigenvalue weighted by Crippen LogP contribution is 2.41. The predicted octanol–water partition coefficient (Wildman–Crippen LogP) is 7.52. The van der Waals surface area contributed by atoms with Gasteiger partial charge in [-0.15, -0.1) is 0 Å². The van der Waals surface area contributed by atoms with Gasteiger partial charge in [-0.25, -0.2) is 16.8 Å². The van der Waals surface area contributed by atoms with Crippen molar-refractivity contribution >= 4 is 42.7 Å². The minimum atomic E-state index is -4.37. The molecule has 4 N–H and O–H groups in total. The molecule has 0 atom stereocenters. The first kappa shape index (κ1) is 55.1. The van der Waals surface area contributed by atoms with Crippen molar-refractivity contribution in [1.82, 2.24) is 19.1 Å². The Hall–Kier alpha value is -6.20. The number of hydrogen-bond donors (Lipinski definition) is 4. The molecule has 2 aromatic heterocycles. The molecule has 72 heavy (non-hydrogen) atoms. The summed E-state index contributed by atoms with van der Waals surface area (Å²) in [5.74, 6) is 0.647. The highest BCUT2D eigenvalue weighted by molar-refractivity contribution is 9.10. The van der Waals surface area contributed by atoms with Gasteiger partial charge in [-0.2, -0.15) is 9.97 Å². The zero-order chi connectivity index (χ0) is 52.5. The second-order valence-corrected chi connectivity index (χ2v) is 21.6. The predicted molar refractivity (Wildman–Crippen MR) is 273 cm³/mol. The summed E-state index contributed by atoms with van der Waals surface area (Å²) in [7, 11) is -4.01. The summed E-state index contributed by atoms with van der Waals surface area (Å²) >= 11 is 3.25. The Morgan fingerprint density at radius 1 is 0.597 bits per heavy atom. The first-order valence-electron chi connectivity index (χ1n) is 23.2. The monoisotopic (exact) mass is 1090 g/mol. The average molecular weight is 1090 g/mol. The van der Waals surface area contributed by atoms with Crippen LogP contribution >= 0.6 is 15.9 Å². The van der Waals surface area contributed by atoms with E-state index < -0.39 is 59.5 Å². The number of aromatic nitrogens is 4. The molecule has 2 saturated carbocycles. The lowest BCUT2D eigenvalue weighted by Crippen LogP contribution is -2.29. The quantitative estimate of drug-likeness (QED) is 0.0607. The van der Waals surface area contributed by atoms with E-state index in [9.17, 15) is 36.6 Å². The summed E-state index contributed by atoms with van der Waals surface area (Å²) in [5.41, 5.74) is -0.334. The van der Waals surface area contributed by atoms with E-state index in [1.165, 1.54) is 69.4 Å². The van der Waals surface area contributed by atoms with Crippen LogP contribution in [0.3, 0.4) is 0 Å². The van der Waals surface area contributed by atoms with Gasteiger partial charge in [-0.1, -0.05) is 79.7 Å². The fourth-order valence-corrected chi connectivity index (χ4v) is 10.6. The molecule has 0 aliphatic heterocycles. The Kier molecular flexibility index (Phi) is 18.4. The molecule has 8 rings (SSSR count). The van der Waals surface area contributed by atoms with Gasteiger partial charge in [0.05, 0.1) is 38.2 Å². The Labute approximate surface area is 427 Å². The summed E-state index contributed by atoms with van der Waals surface area (Å²) in [4.78, 5) is 33.9. The Morgan fingerprint density at radius 3 is 1.25 bits per heavy atom. The lowest BCUT2D eigenvalue weighted by atomic mass is 9.84. The standard InChI is InChI=1S/C25H28N2O6S.C22H23BrN2O6S.C3H7BO2/c1-4-5-9-21-26-24(28)23(34(30,31)18-14-12-17(13-15-18)16-10-11-16)25(29)27(21)22-19(32-2)7-6-8-20(22)33-3;1-4-5-9-18-24-21(26)20(32(28,29)15-12-10-14(23)11-13-15)22(27)25(18)19-16(30-2)7-6-8-17(19)31-3;5-4(6)3-1-2-3/h6-8,12-16,28H,4-5,9-11H2,1-3H3;6-8,10-13,26H,4-5,9H2,1-3H3;3,5-6H,1-2H2. The Balaban J connectivity index is 0.000000211. The van der Waals surface area contributed by atoms with Crippen molar-refractivity contribution < 1.29 is 56.0 Å². The highest BCUT2D eigenvalue weighted by Gasteiger charge is 2.35. The van der Waals surface area contributed by atoms with Crippen LogP contribution in [0.5, 0.6) is 34.8 Å². The van der Waals surface area contributed by atoms with Crippen molar-refractivity contribution in [2.75, 3.05) is 28.4 Å². The molecule has 384 valence electrons. The van der Waals surface area contributed by atoms with Crippen LogP contribution in [0.15, 0.2) is 119 Å². The number of aryl methyl sites for hydroxylation is 2. The van der Waals surface area contributed by atoms with E-state index >= 15 is 0 Å². The molecule has 0 saturated heterocycles. The van der Waals surface area contributed by atoms with Gasteiger partial charge >= 0.3 is 7.12 Å². The first-order valence-corrected chi connectivity index (χ1v) is 27.0. The zero-order valence-corrected chi connectivity index (χ0v) is 44.0. The van der Waals surface area contributed by atoms with Gasteiger partial charge in [-0.05, 0) is 104 Å². The molecule has 22 heteroatoms. The van der Waals surface area contributed by atoms with E-state index in [0.717, 1.165) is 48.7 Å². The van der Waals surface area contributed by atoms with E-state index in [4.69, 9.17) is 29.0 Å². The number of methoxy groups -OCH3 is 4. The lowest BCUT2D eigenvalue weighted by Gasteiger charge is -2.19. The topological polar surface area (TPSA) is 256 Å². The van der Waals surface area contributed by atoms with Crippen LogP contribution in [-0.2, 0) is 32.5 Å². The number of rotatable bonds is 18. The SMILES string of the molecule is CCCCc1nc(O)c(S(=O)(=O)c2ccc(Br)cc2)c(=O)n1-c1c(OC)cccc1OC.CCCCc1nc(O)c(S(=O)(=O)c2ccc(C3CC3)cc2)c(=O)n1-c1c(OC)cccc1OC.OB(O)C1CC1. The minimum Gasteiger partial charge on any atom is -0.494 e. The van der Waals surface area contributed by atoms with E-state index in [0.29, 0.717) is 59.1 Å². The molecular weight excluding hydrogens is 1040 g/mol. The van der Waals surface area contributed by atoms with Gasteiger partial charge in [0.15, 0.2) is 9.79 Å². The van der Waals surface area contributed by atoms with Gasteiger partial charge in [0.2, 0.25) is 31.4 Å². The number of hydrogen-bond acceptors (Lipinski definition) is 16. The van der Waals surface area contributed by atoms with Gasteiger partial charge in [0, 0.05) is 17.3 Å². The van der Waals surface area contributed by atoms with Crippen LogP contribution in [-0.4, -0.2) is 91.8 Å². The molecule has 0 unspecified atom stereocenters. The van der Waals surface area contributed by atoms with Crippen LogP contribution in [0.4, 0.5) is 0 Å². The summed E-state index contributed by atoms with van der Waals surface area (Å²) < 4.78 is 78.4. The van der Waals surface area contributed by atoms with E-state index in [1.807, 2.05) is 13.8 Å². The molecule has 4 aromatic carbocycles. The highest BCUT2D eigenvalue weighted by atomic mass is 79.9. The fraction of sp³-hybridized carbons (Fsp3) is 0.360. The molecule has 0 spiro atoms. The molecule has 0 amide bonds. The second kappa shape index (κ2) is 24.0. The van der Waals surface area contributed by atoms with Gasteiger partial charge in [0.1, 0.15) is 46.0 Å². The average Bonchev–Trinajstić information content (AvgIpc) is 4.30. The third kappa shape index (κ3) is 12.2. The summed E-state index contributed by atoms with van der Waals surface area (Å²) in [6.07, 6.45) is 7.81. The van der Waals surface area contributed by atoms with Crippen LogP contribution in [0.2, 0.25) is 5.82 Å². The maximum absolute atomic E-state index is 13.8. The van der Waals surface area contributed by atoms with Crippen molar-refractivity contribution in [1.29, 1.82) is 0 Å². The maximum Gasteiger partial charge on any atom is 0.454 e. The number of nitrogens with zero attached hydrogens (tertiary/aromatic N) is 4. The molecule has 2 heterocycles. The first-order chi connectivity index (χ1) is 34.4. The molecule has 2 aliphatic rings. The van der Waals surface area contributed by atoms with Crippen LogP contribution < -0.4 is 30.1 Å². The second-order valence-electron chi connectivity index (χ2n) is 16.9. The molecular formula is C50H58BBrN4O14S2. The van der Waals surface area contributed by atoms with Crippen molar-refractivity contribution in [3.8, 4) is 46.1 Å². The number of unbranched alkanes of at least 4 members (excludes halogenated alkanes) is 2. The number of ether oxygens (including phenoxy) is 4. The van der Waals surface area contributed by atoms with Crippen LogP contribution in [0, 0.1) is 0 Å². The van der Waals surface area contributed by atoms with Crippen LogP contribution in [0.1, 0.15) is 88.3 Å². The van der Waals surface area contributed by atoms with Crippen molar-refractivity contribution in [3.05, 3.63) is 127 Å². The zero-order valence-electron chi connectivity index (χ0n) is 40.7. The lowest BCUT2D eigenvalue weighted by molar-refractivity contribution is 0.386. The Morgan fingerprint density at radius 2 is 0.958 bits per heavy atom. The minimum absolute atomic E-state index is 0.0778. The summed E-state index contributed by atoms with van der Waals surface area (Å²) in [6, 6.07) is 22.2. The number of benzene rings is 4. The molecule has 2 aliphatic carbocycles.